The molecule has 0 radical (unpaired) electrons. The summed E-state index contributed by atoms with van der Waals surface area (Å²) in [5, 5.41) is 10.1. The van der Waals surface area contributed by atoms with E-state index in [1.54, 1.807) is 18.3 Å². The van der Waals surface area contributed by atoms with Crippen molar-refractivity contribution in [1.29, 1.82) is 0 Å². The number of sulfonamides is 1. The second-order valence-corrected chi connectivity index (χ2v) is 10.7. The van der Waals surface area contributed by atoms with Crippen molar-refractivity contribution in [1.82, 2.24) is 19.2 Å². The van der Waals surface area contributed by atoms with Crippen molar-refractivity contribution in [3.63, 3.8) is 0 Å². The van der Waals surface area contributed by atoms with Gasteiger partial charge in [0.15, 0.2) is 0 Å². The van der Waals surface area contributed by atoms with Crippen molar-refractivity contribution in [3.05, 3.63) is 54.1 Å². The Morgan fingerprint density at radius 2 is 2.06 bits per heavy atom. The summed E-state index contributed by atoms with van der Waals surface area (Å²) in [6.07, 6.45) is 3.35. The molecule has 0 spiro atoms. The van der Waals surface area contributed by atoms with Gasteiger partial charge in [-0.25, -0.2) is 17.8 Å². The normalized spacial score (nSPS) is 17.3. The molecule has 0 unspecified atom stereocenters. The number of carbonyl (C=O) groups excluding carboxylic acids is 1. The number of methoxy groups -OCH3 is 1. The monoisotopic (exact) mass is 500 g/mol. The number of aromatic amines is 1. The van der Waals surface area contributed by atoms with Crippen LogP contribution in [-0.4, -0.2) is 83.8 Å². The smallest absolute Gasteiger partial charge is 0.239 e. The van der Waals surface area contributed by atoms with E-state index in [2.05, 4.69) is 9.97 Å². The maximum atomic E-state index is 14.0. The van der Waals surface area contributed by atoms with Crippen LogP contribution < -0.4 is 4.74 Å². The molecule has 0 aliphatic carbocycles. The highest BCUT2D eigenvalue weighted by atomic mass is 32.2. The standard InChI is InChI=1S/C24H25FN4O5S/c1-34-22-3-2-16(25)10-19(22)18-4-7-26-24-20(18)11-21(27-24)15-5-8-29(9-6-15)35(32,33)14-23(31)28-12-17(30)13-28/h2-5,7,10-11,17,30H,6,8-9,12-14H2,1H3,(H,26,27). The van der Waals surface area contributed by atoms with E-state index in [0.29, 0.717) is 23.4 Å². The zero-order chi connectivity index (χ0) is 24.7. The second kappa shape index (κ2) is 9.06. The Bertz CT molecular complexity index is 1430. The number of aliphatic hydroxyl groups excluding tert-OH is 1. The fourth-order valence-corrected chi connectivity index (χ4v) is 5.82. The molecule has 35 heavy (non-hydrogen) atoms. The molecule has 4 heterocycles. The maximum Gasteiger partial charge on any atom is 0.239 e. The molecule has 5 rings (SSSR count). The highest BCUT2D eigenvalue weighted by Crippen LogP contribution is 2.36. The number of hydrogen-bond acceptors (Lipinski definition) is 6. The molecule has 3 aromatic rings. The van der Waals surface area contributed by atoms with Gasteiger partial charge >= 0.3 is 0 Å². The number of benzene rings is 1. The molecule has 2 N–H and O–H groups in total. The Morgan fingerprint density at radius 1 is 1.26 bits per heavy atom. The van der Waals surface area contributed by atoms with E-state index < -0.39 is 27.8 Å². The molecule has 184 valence electrons. The van der Waals surface area contributed by atoms with Gasteiger partial charge in [-0.3, -0.25) is 4.79 Å². The van der Waals surface area contributed by atoms with Gasteiger partial charge in [0.05, 0.1) is 13.2 Å². The van der Waals surface area contributed by atoms with Gasteiger partial charge in [-0.15, -0.1) is 0 Å². The number of nitrogens with zero attached hydrogens (tertiary/aromatic N) is 3. The molecule has 1 fully saturated rings. The fraction of sp³-hybridized carbons (Fsp3) is 0.333. The number of halogens is 1. The lowest BCUT2D eigenvalue weighted by Crippen LogP contribution is -2.55. The number of likely N-dealkylation sites (tertiary alicyclic amines) is 1. The van der Waals surface area contributed by atoms with Gasteiger partial charge < -0.3 is 19.7 Å². The van der Waals surface area contributed by atoms with Crippen LogP contribution in [0.5, 0.6) is 5.75 Å². The molecule has 9 nitrogen and oxygen atoms in total. The number of aliphatic hydroxyl groups is 1. The van der Waals surface area contributed by atoms with E-state index in [-0.39, 0.29) is 32.0 Å². The van der Waals surface area contributed by atoms with Crippen molar-refractivity contribution < 1.29 is 27.4 Å². The van der Waals surface area contributed by atoms with E-state index in [9.17, 15) is 22.7 Å². The van der Waals surface area contributed by atoms with Crippen LogP contribution in [0.1, 0.15) is 12.1 Å². The molecule has 0 saturated carbocycles. The largest absolute Gasteiger partial charge is 0.496 e. The quantitative estimate of drug-likeness (QED) is 0.535. The number of amides is 1. The Balaban J connectivity index is 1.37. The molecular weight excluding hydrogens is 475 g/mol. The lowest BCUT2D eigenvalue weighted by atomic mass is 10.0. The third-order valence-corrected chi connectivity index (χ3v) is 8.15. The van der Waals surface area contributed by atoms with Crippen molar-refractivity contribution in [2.24, 2.45) is 0 Å². The van der Waals surface area contributed by atoms with Crippen LogP contribution in [0.3, 0.4) is 0 Å². The van der Waals surface area contributed by atoms with E-state index in [1.165, 1.54) is 28.4 Å². The van der Waals surface area contributed by atoms with Crippen LogP contribution in [0.2, 0.25) is 0 Å². The molecule has 2 aromatic heterocycles. The van der Waals surface area contributed by atoms with Crippen LogP contribution in [0.4, 0.5) is 4.39 Å². The van der Waals surface area contributed by atoms with Crippen molar-refractivity contribution in [3.8, 4) is 16.9 Å². The van der Waals surface area contributed by atoms with Gasteiger partial charge in [0.2, 0.25) is 15.9 Å². The molecule has 2 aliphatic heterocycles. The number of β-amino-alcohol motifs (C(OH)–C–C–N with tert-alkyl or cyclic N) is 1. The van der Waals surface area contributed by atoms with Gasteiger partial charge in [0.25, 0.3) is 0 Å². The average molecular weight is 501 g/mol. The first-order chi connectivity index (χ1) is 16.7. The van der Waals surface area contributed by atoms with Crippen LogP contribution >= 0.6 is 0 Å². The maximum absolute atomic E-state index is 14.0. The van der Waals surface area contributed by atoms with Crippen molar-refractivity contribution in [2.45, 2.75) is 12.5 Å². The lowest BCUT2D eigenvalue weighted by Gasteiger charge is -2.36. The van der Waals surface area contributed by atoms with E-state index in [0.717, 1.165) is 22.2 Å². The Labute approximate surface area is 201 Å². The number of carbonyl (C=O) groups is 1. The van der Waals surface area contributed by atoms with Crippen LogP contribution in [0, 0.1) is 5.82 Å². The van der Waals surface area contributed by atoms with Crippen LogP contribution in [0.25, 0.3) is 27.7 Å². The summed E-state index contributed by atoms with van der Waals surface area (Å²) in [6.45, 7) is 0.755. The summed E-state index contributed by atoms with van der Waals surface area (Å²) in [5.74, 6) is -0.923. The van der Waals surface area contributed by atoms with E-state index in [4.69, 9.17) is 4.74 Å². The zero-order valence-corrected chi connectivity index (χ0v) is 19.9. The van der Waals surface area contributed by atoms with Crippen molar-refractivity contribution in [2.75, 3.05) is 39.0 Å². The topological polar surface area (TPSA) is 116 Å². The van der Waals surface area contributed by atoms with Gasteiger partial charge in [0, 0.05) is 49.0 Å². The minimum Gasteiger partial charge on any atom is -0.496 e. The van der Waals surface area contributed by atoms with Crippen LogP contribution in [0.15, 0.2) is 42.6 Å². The fourth-order valence-electron chi connectivity index (χ4n) is 4.47. The van der Waals surface area contributed by atoms with Crippen LogP contribution in [-0.2, 0) is 14.8 Å². The summed E-state index contributed by atoms with van der Waals surface area (Å²) in [7, 11) is -2.23. The number of rotatable bonds is 6. The first kappa shape index (κ1) is 23.5. The average Bonchev–Trinajstić information content (AvgIpc) is 3.26. The number of hydrogen-bond donors (Lipinski definition) is 2. The first-order valence-corrected chi connectivity index (χ1v) is 12.8. The summed E-state index contributed by atoms with van der Waals surface area (Å²) >= 11 is 0. The molecular formula is C24H25FN4O5S. The predicted octanol–water partition coefficient (Wildman–Crippen LogP) is 2.00. The third kappa shape index (κ3) is 4.54. The zero-order valence-electron chi connectivity index (χ0n) is 19.1. The number of fused-ring (bicyclic) bond motifs is 1. The van der Waals surface area contributed by atoms with Gasteiger partial charge in [-0.2, -0.15) is 4.31 Å². The Hall–Kier alpha value is -3.28. The highest BCUT2D eigenvalue weighted by molar-refractivity contribution is 7.89. The summed E-state index contributed by atoms with van der Waals surface area (Å²) in [4.78, 5) is 21.2. The van der Waals surface area contributed by atoms with Crippen molar-refractivity contribution >= 4 is 32.5 Å². The Kier molecular flexibility index (Phi) is 6.07. The van der Waals surface area contributed by atoms with Gasteiger partial charge in [-0.05, 0) is 47.9 Å². The number of H-pyrrole nitrogens is 1. The minimum atomic E-state index is -3.76. The molecule has 0 bridgehead atoms. The molecule has 1 amide bonds. The molecule has 1 aromatic carbocycles. The number of pyridine rings is 1. The summed E-state index contributed by atoms with van der Waals surface area (Å²) in [5.41, 5.74) is 3.74. The number of ether oxygens (including phenoxy) is 1. The van der Waals surface area contributed by atoms with Gasteiger partial charge in [-0.1, -0.05) is 6.08 Å². The SMILES string of the molecule is COc1ccc(F)cc1-c1ccnc2[nH]c(C3=CCN(S(=O)(=O)CC(=O)N4CC(O)C4)CC3)cc12. The predicted molar refractivity (Wildman–Crippen MR) is 129 cm³/mol. The molecule has 11 heteroatoms. The third-order valence-electron chi connectivity index (χ3n) is 6.42. The molecule has 0 atom stereocenters. The lowest BCUT2D eigenvalue weighted by molar-refractivity contribution is -0.138. The van der Waals surface area contributed by atoms with E-state index >= 15 is 0 Å². The number of nitrogens with one attached hydrogen (secondary N) is 1. The van der Waals surface area contributed by atoms with Gasteiger partial charge in [0.1, 0.15) is 23.0 Å². The second-order valence-electron chi connectivity index (χ2n) is 8.69. The minimum absolute atomic E-state index is 0.154. The Morgan fingerprint density at radius 3 is 2.74 bits per heavy atom. The summed E-state index contributed by atoms with van der Waals surface area (Å²) < 4.78 is 46.1. The highest BCUT2D eigenvalue weighted by Gasteiger charge is 2.34. The first-order valence-electron chi connectivity index (χ1n) is 11.2. The molecule has 2 aliphatic rings. The summed E-state index contributed by atoms with van der Waals surface area (Å²) in [6, 6.07) is 8.07. The van der Waals surface area contributed by atoms with E-state index in [1.807, 2.05) is 12.1 Å². The number of aromatic nitrogens is 2. The molecule has 1 saturated heterocycles.